The third-order valence-corrected chi connectivity index (χ3v) is 2.10. The lowest BCUT2D eigenvalue weighted by Crippen LogP contribution is -1.99. The normalized spacial score (nSPS) is 10.0. The number of nitro groups is 1. The first-order valence-corrected chi connectivity index (χ1v) is 4.50. The third kappa shape index (κ3) is 2.08. The van der Waals surface area contributed by atoms with Gasteiger partial charge >= 0.3 is 0 Å². The second-order valence-corrected chi connectivity index (χ2v) is 2.81. The quantitative estimate of drug-likeness (QED) is 0.447. The molecule has 0 atom stereocenters. The van der Waals surface area contributed by atoms with Crippen LogP contribution in [-0.4, -0.2) is 9.91 Å². The molecule has 0 fully saturated rings. The summed E-state index contributed by atoms with van der Waals surface area (Å²) in [5, 5.41) is 10.5. The minimum atomic E-state index is -0.491. The smallest absolute Gasteiger partial charge is 0.259 e. The molecule has 0 unspecified atom stereocenters. The van der Waals surface area contributed by atoms with E-state index in [1.807, 2.05) is 0 Å². The molecule has 0 aromatic carbocycles. The number of hydrogen-bond acceptors (Lipinski definition) is 3. The van der Waals surface area contributed by atoms with Gasteiger partial charge in [0.1, 0.15) is 0 Å². The van der Waals surface area contributed by atoms with Crippen molar-refractivity contribution in [3.05, 3.63) is 33.6 Å². The maximum atomic E-state index is 10.5. The van der Waals surface area contributed by atoms with Crippen LogP contribution >= 0.6 is 23.2 Å². The maximum absolute atomic E-state index is 10.5. The van der Waals surface area contributed by atoms with Crippen LogP contribution in [0.4, 0.5) is 5.69 Å². The van der Waals surface area contributed by atoms with Crippen molar-refractivity contribution in [1.82, 2.24) is 4.98 Å². The van der Waals surface area contributed by atoms with Crippen LogP contribution in [0.5, 0.6) is 0 Å². The molecule has 1 rings (SSSR count). The standard InChI is InChI=1S/C7H6Cl2N2O2/c8-3-5-6(4-9)10-2-1-7(5)11(12)13/h1-2H,3-4H2. The van der Waals surface area contributed by atoms with Gasteiger partial charge in [0.05, 0.1) is 27.9 Å². The number of halogens is 2. The first kappa shape index (κ1) is 10.2. The zero-order valence-corrected chi connectivity index (χ0v) is 8.05. The molecule has 70 valence electrons. The highest BCUT2D eigenvalue weighted by Crippen LogP contribution is 2.23. The van der Waals surface area contributed by atoms with Gasteiger partial charge in [-0.05, 0) is 0 Å². The summed E-state index contributed by atoms with van der Waals surface area (Å²) in [6.07, 6.45) is 1.35. The zero-order chi connectivity index (χ0) is 9.84. The van der Waals surface area contributed by atoms with Crippen molar-refractivity contribution in [1.29, 1.82) is 0 Å². The van der Waals surface area contributed by atoms with Crippen LogP contribution in [0.15, 0.2) is 12.3 Å². The van der Waals surface area contributed by atoms with Crippen molar-refractivity contribution < 1.29 is 4.92 Å². The highest BCUT2D eigenvalue weighted by molar-refractivity contribution is 6.18. The Balaban J connectivity index is 3.27. The van der Waals surface area contributed by atoms with Crippen LogP contribution in [0, 0.1) is 10.1 Å². The molecule has 0 amide bonds. The molecule has 0 N–H and O–H groups in total. The summed E-state index contributed by atoms with van der Waals surface area (Å²) in [7, 11) is 0. The van der Waals surface area contributed by atoms with E-state index in [-0.39, 0.29) is 17.4 Å². The lowest BCUT2D eigenvalue weighted by atomic mass is 10.2. The maximum Gasteiger partial charge on any atom is 0.277 e. The molecule has 1 heterocycles. The van der Waals surface area contributed by atoms with Crippen molar-refractivity contribution in [2.45, 2.75) is 11.8 Å². The monoisotopic (exact) mass is 220 g/mol. The van der Waals surface area contributed by atoms with Gasteiger partial charge in [0.15, 0.2) is 0 Å². The number of aromatic nitrogens is 1. The number of rotatable bonds is 3. The molecule has 13 heavy (non-hydrogen) atoms. The molecule has 0 bridgehead atoms. The van der Waals surface area contributed by atoms with Gasteiger partial charge in [-0.3, -0.25) is 15.1 Å². The van der Waals surface area contributed by atoms with Gasteiger partial charge < -0.3 is 0 Å². The van der Waals surface area contributed by atoms with Gasteiger partial charge in [-0.15, -0.1) is 23.2 Å². The van der Waals surface area contributed by atoms with Crippen LogP contribution in [-0.2, 0) is 11.8 Å². The molecule has 1 aromatic rings. The van der Waals surface area contributed by atoms with E-state index in [4.69, 9.17) is 23.2 Å². The second-order valence-electron chi connectivity index (χ2n) is 2.28. The third-order valence-electron chi connectivity index (χ3n) is 1.58. The molecule has 0 aliphatic carbocycles. The minimum Gasteiger partial charge on any atom is -0.259 e. The van der Waals surface area contributed by atoms with Crippen LogP contribution in [0.25, 0.3) is 0 Å². The fraction of sp³-hybridized carbons (Fsp3) is 0.286. The van der Waals surface area contributed by atoms with E-state index in [1.165, 1.54) is 12.3 Å². The fourth-order valence-corrected chi connectivity index (χ4v) is 1.48. The predicted octanol–water partition coefficient (Wildman–Crippen LogP) is 2.47. The Morgan fingerprint density at radius 3 is 2.62 bits per heavy atom. The van der Waals surface area contributed by atoms with Gasteiger partial charge in [0.25, 0.3) is 5.69 Å². The molecule has 6 heteroatoms. The topological polar surface area (TPSA) is 56.0 Å². The van der Waals surface area contributed by atoms with Crippen molar-refractivity contribution in [3.8, 4) is 0 Å². The van der Waals surface area contributed by atoms with Crippen molar-refractivity contribution >= 4 is 28.9 Å². The van der Waals surface area contributed by atoms with Crippen molar-refractivity contribution in [2.24, 2.45) is 0 Å². The Labute approximate surface area is 84.6 Å². The number of nitrogens with zero attached hydrogens (tertiary/aromatic N) is 2. The first-order chi connectivity index (χ1) is 6.20. The molecule has 0 saturated carbocycles. The molecule has 0 aliphatic rings. The van der Waals surface area contributed by atoms with Crippen LogP contribution < -0.4 is 0 Å². The van der Waals surface area contributed by atoms with E-state index in [2.05, 4.69) is 4.98 Å². The average Bonchev–Trinajstić information content (AvgIpc) is 2.16. The highest BCUT2D eigenvalue weighted by Gasteiger charge is 2.16. The number of pyridine rings is 1. The predicted molar refractivity (Wildman–Crippen MR) is 50.0 cm³/mol. The minimum absolute atomic E-state index is 0.0272. The number of alkyl halides is 2. The van der Waals surface area contributed by atoms with E-state index < -0.39 is 4.92 Å². The summed E-state index contributed by atoms with van der Waals surface area (Å²) < 4.78 is 0. The lowest BCUT2D eigenvalue weighted by Gasteiger charge is -2.02. The van der Waals surface area contributed by atoms with E-state index in [9.17, 15) is 10.1 Å². The van der Waals surface area contributed by atoms with Crippen LogP contribution in [0.1, 0.15) is 11.3 Å². The summed E-state index contributed by atoms with van der Waals surface area (Å²) >= 11 is 11.1. The summed E-state index contributed by atoms with van der Waals surface area (Å²) in [4.78, 5) is 13.9. The molecular weight excluding hydrogens is 215 g/mol. The van der Waals surface area contributed by atoms with E-state index in [0.717, 1.165) is 0 Å². The number of hydrogen-bond donors (Lipinski definition) is 0. The Morgan fingerprint density at radius 1 is 1.46 bits per heavy atom. The van der Waals surface area contributed by atoms with E-state index in [0.29, 0.717) is 11.3 Å². The van der Waals surface area contributed by atoms with Gasteiger partial charge in [0, 0.05) is 12.3 Å². The van der Waals surface area contributed by atoms with Gasteiger partial charge in [-0.25, -0.2) is 0 Å². The molecular formula is C7H6Cl2N2O2. The van der Waals surface area contributed by atoms with Crippen molar-refractivity contribution in [2.75, 3.05) is 0 Å². The molecule has 0 radical (unpaired) electrons. The van der Waals surface area contributed by atoms with Crippen LogP contribution in [0.3, 0.4) is 0 Å². The second kappa shape index (κ2) is 4.39. The molecule has 0 spiro atoms. The van der Waals surface area contributed by atoms with Gasteiger partial charge in [-0.1, -0.05) is 0 Å². The van der Waals surface area contributed by atoms with E-state index >= 15 is 0 Å². The summed E-state index contributed by atoms with van der Waals surface area (Å²) in [5.74, 6) is 0.177. The fourth-order valence-electron chi connectivity index (χ4n) is 0.956. The molecule has 0 saturated heterocycles. The molecule has 1 aromatic heterocycles. The largest absolute Gasteiger partial charge is 0.277 e. The zero-order valence-electron chi connectivity index (χ0n) is 6.54. The highest BCUT2D eigenvalue weighted by atomic mass is 35.5. The summed E-state index contributed by atoms with van der Waals surface area (Å²) in [5.41, 5.74) is 0.829. The Hall–Kier alpha value is -0.870. The van der Waals surface area contributed by atoms with E-state index in [1.54, 1.807) is 0 Å². The SMILES string of the molecule is O=[N+]([O-])c1ccnc(CCl)c1CCl. The van der Waals surface area contributed by atoms with Crippen LogP contribution in [0.2, 0.25) is 0 Å². The molecule has 4 nitrogen and oxygen atoms in total. The molecule has 0 aliphatic heterocycles. The summed E-state index contributed by atoms with van der Waals surface area (Å²) in [6, 6.07) is 1.31. The van der Waals surface area contributed by atoms with Crippen molar-refractivity contribution in [3.63, 3.8) is 0 Å². The Morgan fingerprint density at radius 2 is 2.15 bits per heavy atom. The Kier molecular flexibility index (Phi) is 3.45. The Bertz CT molecular complexity index is 330. The average molecular weight is 221 g/mol. The van der Waals surface area contributed by atoms with Gasteiger partial charge in [-0.2, -0.15) is 0 Å². The summed E-state index contributed by atoms with van der Waals surface area (Å²) in [6.45, 7) is 0. The van der Waals surface area contributed by atoms with Gasteiger partial charge in [0.2, 0.25) is 0 Å². The first-order valence-electron chi connectivity index (χ1n) is 3.43. The lowest BCUT2D eigenvalue weighted by molar-refractivity contribution is -0.385.